The van der Waals surface area contributed by atoms with Crippen molar-refractivity contribution in [2.24, 2.45) is 5.92 Å². The maximum absolute atomic E-state index is 12.7. The lowest BCUT2D eigenvalue weighted by Gasteiger charge is -2.43. The Morgan fingerprint density at radius 2 is 1.58 bits per heavy atom. The number of hydrogen-bond donors (Lipinski definition) is 0. The molecule has 1 aliphatic rings. The van der Waals surface area contributed by atoms with Crippen LogP contribution in [0.2, 0.25) is 0 Å². The fourth-order valence-corrected chi connectivity index (χ4v) is 4.68. The van der Waals surface area contributed by atoms with Gasteiger partial charge in [-0.05, 0) is 13.3 Å². The monoisotopic (exact) mass is 362 g/mol. The van der Waals surface area contributed by atoms with E-state index in [0.717, 1.165) is 0 Å². The average Bonchev–Trinajstić information content (AvgIpc) is 2.40. The molecule has 0 amide bonds. The molecule has 1 saturated heterocycles. The highest BCUT2D eigenvalue weighted by Gasteiger charge is 2.52. The van der Waals surface area contributed by atoms with Gasteiger partial charge >= 0.3 is 11.9 Å². The van der Waals surface area contributed by atoms with Crippen LogP contribution in [0.5, 0.6) is 0 Å². The van der Waals surface area contributed by atoms with Gasteiger partial charge < -0.3 is 14.2 Å². The SMILES string of the molecule is C=C(C)CS(=O)(=O)C1O[C@H](CC)[C@@H](C)[C@H](OC(C)=O)[C@H]1OC(C)=O. The van der Waals surface area contributed by atoms with Crippen molar-refractivity contribution in [3.05, 3.63) is 12.2 Å². The van der Waals surface area contributed by atoms with Crippen molar-refractivity contribution in [2.45, 2.75) is 64.8 Å². The molecule has 8 heteroatoms. The summed E-state index contributed by atoms with van der Waals surface area (Å²) in [6.07, 6.45) is -2.01. The number of sulfone groups is 1. The molecular formula is C16H26O7S. The molecule has 0 aromatic rings. The summed E-state index contributed by atoms with van der Waals surface area (Å²) in [5, 5.41) is 0. The van der Waals surface area contributed by atoms with Crippen LogP contribution in [0.1, 0.15) is 41.0 Å². The standard InChI is InChI=1S/C16H26O7S/c1-7-13-10(4)14(21-11(5)17)15(22-12(6)18)16(23-13)24(19,20)8-9(2)3/h10,13-16H,2,7-8H2,1,3-6H3/t10-,13-,14+,15-,16?/m1/s1. The number of rotatable bonds is 6. The highest BCUT2D eigenvalue weighted by atomic mass is 32.2. The predicted octanol–water partition coefficient (Wildman–Crippen LogP) is 1.61. The Labute approximate surface area is 143 Å². The predicted molar refractivity (Wildman–Crippen MR) is 87.8 cm³/mol. The van der Waals surface area contributed by atoms with Gasteiger partial charge in [-0.2, -0.15) is 0 Å². The van der Waals surface area contributed by atoms with Crippen LogP contribution >= 0.6 is 0 Å². The van der Waals surface area contributed by atoms with E-state index in [1.165, 1.54) is 13.8 Å². The zero-order valence-corrected chi connectivity index (χ0v) is 15.6. The normalized spacial score (nSPS) is 30.5. The maximum Gasteiger partial charge on any atom is 0.303 e. The third-order valence-electron chi connectivity index (χ3n) is 3.81. The molecule has 138 valence electrons. The van der Waals surface area contributed by atoms with Crippen LogP contribution in [-0.4, -0.2) is 49.9 Å². The lowest BCUT2D eigenvalue weighted by atomic mass is 9.89. The first-order chi connectivity index (χ1) is 11.0. The molecule has 0 spiro atoms. The lowest BCUT2D eigenvalue weighted by molar-refractivity contribution is -0.208. The van der Waals surface area contributed by atoms with Gasteiger partial charge in [-0.1, -0.05) is 26.0 Å². The fourth-order valence-electron chi connectivity index (χ4n) is 2.90. The Bertz CT molecular complexity index is 596. The molecule has 0 bridgehead atoms. The molecule has 7 nitrogen and oxygen atoms in total. The van der Waals surface area contributed by atoms with Crippen LogP contribution in [0.4, 0.5) is 0 Å². The van der Waals surface area contributed by atoms with E-state index in [1.807, 2.05) is 6.92 Å². The maximum atomic E-state index is 12.7. The highest BCUT2D eigenvalue weighted by Crippen LogP contribution is 2.34. The van der Waals surface area contributed by atoms with E-state index in [0.29, 0.717) is 12.0 Å². The minimum atomic E-state index is -3.80. The van der Waals surface area contributed by atoms with Gasteiger partial charge in [-0.15, -0.1) is 0 Å². The Kier molecular flexibility index (Phi) is 6.97. The van der Waals surface area contributed by atoms with Crippen LogP contribution in [0, 0.1) is 5.92 Å². The summed E-state index contributed by atoms with van der Waals surface area (Å²) in [5.41, 5.74) is -0.959. The van der Waals surface area contributed by atoms with Crippen molar-refractivity contribution in [1.29, 1.82) is 0 Å². The molecule has 1 fully saturated rings. The second-order valence-corrected chi connectivity index (χ2v) is 8.30. The molecular weight excluding hydrogens is 336 g/mol. The van der Waals surface area contributed by atoms with Crippen molar-refractivity contribution < 1.29 is 32.2 Å². The quantitative estimate of drug-likeness (QED) is 0.523. The van der Waals surface area contributed by atoms with Crippen molar-refractivity contribution in [3.8, 4) is 0 Å². The smallest absolute Gasteiger partial charge is 0.303 e. The van der Waals surface area contributed by atoms with Crippen molar-refractivity contribution in [1.82, 2.24) is 0 Å². The van der Waals surface area contributed by atoms with E-state index in [1.54, 1.807) is 13.8 Å². The van der Waals surface area contributed by atoms with Gasteiger partial charge in [-0.3, -0.25) is 9.59 Å². The summed E-state index contributed by atoms with van der Waals surface area (Å²) in [4.78, 5) is 22.9. The zero-order valence-electron chi connectivity index (χ0n) is 14.8. The number of ether oxygens (including phenoxy) is 3. The third-order valence-corrected chi connectivity index (χ3v) is 5.80. The summed E-state index contributed by atoms with van der Waals surface area (Å²) in [5.74, 6) is -1.86. The van der Waals surface area contributed by atoms with Crippen molar-refractivity contribution >= 4 is 21.8 Å². The Balaban J connectivity index is 3.31. The van der Waals surface area contributed by atoms with Gasteiger partial charge in [0.25, 0.3) is 0 Å². The van der Waals surface area contributed by atoms with Crippen LogP contribution in [0.25, 0.3) is 0 Å². The number of carbonyl (C=O) groups excluding carboxylic acids is 2. The number of hydrogen-bond acceptors (Lipinski definition) is 7. The second-order valence-electron chi connectivity index (χ2n) is 6.22. The topological polar surface area (TPSA) is 96.0 Å². The van der Waals surface area contributed by atoms with Crippen molar-refractivity contribution in [2.75, 3.05) is 5.75 Å². The van der Waals surface area contributed by atoms with Gasteiger partial charge in [0.15, 0.2) is 21.4 Å². The van der Waals surface area contributed by atoms with Gasteiger partial charge in [0.05, 0.1) is 11.9 Å². The summed E-state index contributed by atoms with van der Waals surface area (Å²) < 4.78 is 41.6. The van der Waals surface area contributed by atoms with Crippen molar-refractivity contribution in [3.63, 3.8) is 0 Å². The fraction of sp³-hybridized carbons (Fsp3) is 0.750. The van der Waals surface area contributed by atoms with E-state index in [-0.39, 0.29) is 11.7 Å². The first-order valence-corrected chi connectivity index (χ1v) is 9.57. The van der Waals surface area contributed by atoms with E-state index >= 15 is 0 Å². The molecule has 0 aliphatic carbocycles. The van der Waals surface area contributed by atoms with E-state index < -0.39 is 45.5 Å². The average molecular weight is 362 g/mol. The molecule has 0 N–H and O–H groups in total. The molecule has 1 heterocycles. The molecule has 5 atom stereocenters. The summed E-state index contributed by atoms with van der Waals surface area (Å²) in [7, 11) is -3.80. The third kappa shape index (κ3) is 5.04. The molecule has 0 saturated carbocycles. The van der Waals surface area contributed by atoms with Gasteiger partial charge in [0.2, 0.25) is 0 Å². The summed E-state index contributed by atoms with van der Waals surface area (Å²) in [6, 6.07) is 0. The molecule has 1 unspecified atom stereocenters. The lowest BCUT2D eigenvalue weighted by Crippen LogP contribution is -2.59. The molecule has 1 rings (SSSR count). The highest BCUT2D eigenvalue weighted by molar-refractivity contribution is 7.92. The van der Waals surface area contributed by atoms with E-state index in [2.05, 4.69) is 6.58 Å². The first-order valence-electron chi connectivity index (χ1n) is 7.85. The zero-order chi connectivity index (χ0) is 18.7. The molecule has 24 heavy (non-hydrogen) atoms. The second kappa shape index (κ2) is 8.11. The minimum absolute atomic E-state index is 0.299. The van der Waals surface area contributed by atoms with Crippen LogP contribution in [0.3, 0.4) is 0 Å². The number of esters is 2. The molecule has 1 aliphatic heterocycles. The summed E-state index contributed by atoms with van der Waals surface area (Å²) >= 11 is 0. The van der Waals surface area contributed by atoms with Crippen LogP contribution in [0.15, 0.2) is 12.2 Å². The van der Waals surface area contributed by atoms with Gasteiger partial charge in [0, 0.05) is 19.8 Å². The summed E-state index contributed by atoms with van der Waals surface area (Å²) in [6.45, 7) is 11.2. The number of carbonyl (C=O) groups is 2. The van der Waals surface area contributed by atoms with E-state index in [4.69, 9.17) is 14.2 Å². The first kappa shape index (κ1) is 20.6. The Hall–Kier alpha value is -1.41. The molecule has 0 aromatic carbocycles. The molecule has 0 aromatic heterocycles. The van der Waals surface area contributed by atoms with Crippen LogP contribution < -0.4 is 0 Å². The molecule has 0 radical (unpaired) electrons. The van der Waals surface area contributed by atoms with E-state index in [9.17, 15) is 18.0 Å². The van der Waals surface area contributed by atoms with Gasteiger partial charge in [0.1, 0.15) is 6.10 Å². The van der Waals surface area contributed by atoms with Gasteiger partial charge in [-0.25, -0.2) is 8.42 Å². The van der Waals surface area contributed by atoms with Crippen LogP contribution in [-0.2, 0) is 33.6 Å². The Morgan fingerprint density at radius 3 is 2.00 bits per heavy atom. The largest absolute Gasteiger partial charge is 0.458 e. The Morgan fingerprint density at radius 1 is 1.08 bits per heavy atom. The minimum Gasteiger partial charge on any atom is -0.458 e.